The molecule has 2 heterocycles. The smallest absolute Gasteiger partial charge is 0.449 e. The standard InChI is InChI=1S/C30H30BF3N2O4/c1-28(2)29(3,4)40-31(39-28)19(16-20-10-9-15-26(36-20)30(32,33)34)17-35-27(37)38-18-25-23-13-7-5-11-21(23)22-12-6-8-14-24(22)25/h5-16,25H,17-18H2,1-4H3,(H,35,37). The minimum absolute atomic E-state index is 0.0638. The van der Waals surface area contributed by atoms with E-state index < -0.39 is 36.3 Å². The summed E-state index contributed by atoms with van der Waals surface area (Å²) in [5.74, 6) is -0.106. The number of aromatic nitrogens is 1. The Balaban J connectivity index is 1.32. The number of hydrogen-bond donors (Lipinski definition) is 1. The number of alkyl halides is 3. The van der Waals surface area contributed by atoms with Crippen molar-refractivity contribution in [2.24, 2.45) is 0 Å². The summed E-state index contributed by atoms with van der Waals surface area (Å²) in [6, 6.07) is 19.7. The quantitative estimate of drug-likeness (QED) is 0.348. The second-order valence-corrected chi connectivity index (χ2v) is 10.9. The fraction of sp³-hybridized carbons (Fsp3) is 0.333. The zero-order chi connectivity index (χ0) is 28.7. The highest BCUT2D eigenvalue weighted by molar-refractivity contribution is 6.56. The van der Waals surface area contributed by atoms with Crippen molar-refractivity contribution in [3.63, 3.8) is 0 Å². The third-order valence-electron chi connectivity index (χ3n) is 7.73. The highest BCUT2D eigenvalue weighted by atomic mass is 19.4. The van der Waals surface area contributed by atoms with Gasteiger partial charge >= 0.3 is 19.4 Å². The van der Waals surface area contributed by atoms with E-state index in [2.05, 4.69) is 22.4 Å². The molecular weight excluding hydrogens is 520 g/mol. The van der Waals surface area contributed by atoms with E-state index in [1.165, 1.54) is 18.2 Å². The fourth-order valence-corrected chi connectivity index (χ4v) is 4.90. The number of rotatable bonds is 6. The molecule has 0 saturated carbocycles. The summed E-state index contributed by atoms with van der Waals surface area (Å²) in [4.78, 5) is 16.6. The molecule has 1 aromatic heterocycles. The molecule has 5 rings (SSSR count). The molecule has 1 fully saturated rings. The molecule has 0 bridgehead atoms. The van der Waals surface area contributed by atoms with E-state index >= 15 is 0 Å². The second kappa shape index (κ2) is 10.4. The lowest BCUT2D eigenvalue weighted by Gasteiger charge is -2.32. The molecule has 2 aliphatic rings. The Morgan fingerprint density at radius 2 is 1.52 bits per heavy atom. The zero-order valence-corrected chi connectivity index (χ0v) is 22.7. The van der Waals surface area contributed by atoms with Gasteiger partial charge in [-0.15, -0.1) is 0 Å². The van der Waals surface area contributed by atoms with Gasteiger partial charge in [0, 0.05) is 12.5 Å². The molecule has 208 valence electrons. The van der Waals surface area contributed by atoms with Gasteiger partial charge in [-0.05, 0) is 73.6 Å². The van der Waals surface area contributed by atoms with Crippen LogP contribution in [0.25, 0.3) is 17.2 Å². The van der Waals surface area contributed by atoms with Gasteiger partial charge in [-0.25, -0.2) is 9.78 Å². The van der Waals surface area contributed by atoms with Crippen molar-refractivity contribution < 1.29 is 32.0 Å². The minimum atomic E-state index is -4.59. The predicted octanol–water partition coefficient (Wildman–Crippen LogP) is 6.65. The lowest BCUT2D eigenvalue weighted by Crippen LogP contribution is -2.41. The van der Waals surface area contributed by atoms with Crippen molar-refractivity contribution in [2.75, 3.05) is 13.2 Å². The monoisotopic (exact) mass is 550 g/mol. The summed E-state index contributed by atoms with van der Waals surface area (Å²) in [6.45, 7) is 7.52. The Bertz CT molecular complexity index is 1390. The fourth-order valence-electron chi connectivity index (χ4n) is 4.90. The molecule has 6 nitrogen and oxygen atoms in total. The first-order valence-electron chi connectivity index (χ1n) is 13.0. The Morgan fingerprint density at radius 3 is 2.10 bits per heavy atom. The lowest BCUT2D eigenvalue weighted by atomic mass is 9.77. The molecule has 0 radical (unpaired) electrons. The van der Waals surface area contributed by atoms with Crippen LogP contribution in [0.3, 0.4) is 0 Å². The van der Waals surface area contributed by atoms with Crippen LogP contribution in [0.15, 0.2) is 72.2 Å². The van der Waals surface area contributed by atoms with Gasteiger partial charge in [0.2, 0.25) is 0 Å². The Hall–Kier alpha value is -3.63. The first-order chi connectivity index (χ1) is 18.9. The van der Waals surface area contributed by atoms with Crippen LogP contribution < -0.4 is 5.32 Å². The van der Waals surface area contributed by atoms with Crippen LogP contribution in [0.5, 0.6) is 0 Å². The van der Waals surface area contributed by atoms with Gasteiger partial charge in [0.15, 0.2) is 0 Å². The summed E-state index contributed by atoms with van der Waals surface area (Å²) in [6.07, 6.45) is -3.81. The SMILES string of the molecule is CC1(C)OB(C(=Cc2cccc(C(F)(F)F)n2)CNC(=O)OCC2c3ccccc3-c3ccccc32)OC1(C)C. The highest BCUT2D eigenvalue weighted by Gasteiger charge is 2.52. The molecular formula is C30H30BF3N2O4. The third-order valence-corrected chi connectivity index (χ3v) is 7.73. The maximum atomic E-state index is 13.3. The number of ether oxygens (including phenoxy) is 1. The van der Waals surface area contributed by atoms with Gasteiger partial charge in [0.1, 0.15) is 12.3 Å². The van der Waals surface area contributed by atoms with Crippen molar-refractivity contribution in [1.82, 2.24) is 10.3 Å². The number of nitrogens with zero attached hydrogens (tertiary/aromatic N) is 1. The first-order valence-corrected chi connectivity index (χ1v) is 13.0. The summed E-state index contributed by atoms with van der Waals surface area (Å²) in [7, 11) is -0.907. The number of carbonyl (C=O) groups excluding carboxylic acids is 1. The van der Waals surface area contributed by atoms with Crippen molar-refractivity contribution in [1.29, 1.82) is 0 Å². The van der Waals surface area contributed by atoms with Crippen molar-refractivity contribution in [3.05, 3.63) is 94.7 Å². The van der Waals surface area contributed by atoms with Gasteiger partial charge < -0.3 is 19.4 Å². The van der Waals surface area contributed by atoms with E-state index in [4.69, 9.17) is 14.0 Å². The normalized spacial score (nSPS) is 17.9. The maximum absolute atomic E-state index is 13.3. The molecule has 1 aliphatic heterocycles. The summed E-state index contributed by atoms with van der Waals surface area (Å²) in [5, 5.41) is 2.71. The van der Waals surface area contributed by atoms with E-state index in [1.807, 2.05) is 64.1 Å². The molecule has 3 aromatic rings. The molecule has 40 heavy (non-hydrogen) atoms. The number of alkyl carbamates (subject to hydrolysis) is 1. The summed E-state index contributed by atoms with van der Waals surface area (Å²) >= 11 is 0. The summed E-state index contributed by atoms with van der Waals surface area (Å²) in [5.41, 5.74) is 2.48. The van der Waals surface area contributed by atoms with Crippen LogP contribution in [-0.2, 0) is 20.2 Å². The highest BCUT2D eigenvalue weighted by Crippen LogP contribution is 2.44. The molecule has 2 aromatic carbocycles. The van der Waals surface area contributed by atoms with Crippen molar-refractivity contribution in [3.8, 4) is 11.1 Å². The van der Waals surface area contributed by atoms with Gasteiger partial charge in [0.25, 0.3) is 0 Å². The second-order valence-electron chi connectivity index (χ2n) is 10.9. The van der Waals surface area contributed by atoms with Crippen LogP contribution in [0.4, 0.5) is 18.0 Å². The van der Waals surface area contributed by atoms with Crippen molar-refractivity contribution in [2.45, 2.75) is 51.0 Å². The third kappa shape index (κ3) is 5.51. The topological polar surface area (TPSA) is 69.7 Å². The lowest BCUT2D eigenvalue weighted by molar-refractivity contribution is -0.141. The van der Waals surface area contributed by atoms with Crippen LogP contribution in [0.2, 0.25) is 0 Å². The average molecular weight is 550 g/mol. The zero-order valence-electron chi connectivity index (χ0n) is 22.7. The number of halogens is 3. The average Bonchev–Trinajstić information content (AvgIpc) is 3.34. The Labute approximate surface area is 231 Å². The largest absolute Gasteiger partial charge is 0.492 e. The van der Waals surface area contributed by atoms with E-state index in [0.717, 1.165) is 28.3 Å². The summed E-state index contributed by atoms with van der Waals surface area (Å²) < 4.78 is 57.6. The molecule has 1 saturated heterocycles. The molecule has 1 amide bonds. The van der Waals surface area contributed by atoms with Crippen LogP contribution >= 0.6 is 0 Å². The predicted molar refractivity (Wildman–Crippen MR) is 146 cm³/mol. The van der Waals surface area contributed by atoms with Gasteiger partial charge in [-0.3, -0.25) is 0 Å². The molecule has 0 unspecified atom stereocenters. The number of hydrogen-bond acceptors (Lipinski definition) is 5. The van der Waals surface area contributed by atoms with Crippen LogP contribution in [0.1, 0.15) is 56.1 Å². The van der Waals surface area contributed by atoms with Gasteiger partial charge in [-0.1, -0.05) is 54.6 Å². The van der Waals surface area contributed by atoms with E-state index in [0.29, 0.717) is 5.47 Å². The number of nitrogens with one attached hydrogen (secondary N) is 1. The van der Waals surface area contributed by atoms with Gasteiger partial charge in [-0.2, -0.15) is 13.2 Å². The van der Waals surface area contributed by atoms with Crippen LogP contribution in [-0.4, -0.2) is 42.5 Å². The Morgan fingerprint density at radius 1 is 0.950 bits per heavy atom. The first kappa shape index (κ1) is 27.9. The number of fused-ring (bicyclic) bond motifs is 3. The molecule has 0 atom stereocenters. The molecule has 1 aliphatic carbocycles. The van der Waals surface area contributed by atoms with E-state index in [1.54, 1.807) is 0 Å². The van der Waals surface area contributed by atoms with Crippen LogP contribution in [0, 0.1) is 0 Å². The van der Waals surface area contributed by atoms with E-state index in [9.17, 15) is 18.0 Å². The maximum Gasteiger partial charge on any atom is 0.492 e. The van der Waals surface area contributed by atoms with Gasteiger partial charge in [0.05, 0.1) is 16.9 Å². The minimum Gasteiger partial charge on any atom is -0.449 e. The molecule has 10 heteroatoms. The van der Waals surface area contributed by atoms with Crippen molar-refractivity contribution >= 4 is 19.3 Å². The molecule has 0 spiro atoms. The number of benzene rings is 2. The molecule has 1 N–H and O–H groups in total. The number of amides is 1. The number of carbonyl (C=O) groups is 1. The Kier molecular flexibility index (Phi) is 7.27. The van der Waals surface area contributed by atoms with E-state index in [-0.39, 0.29) is 24.8 Å². The number of pyridine rings is 1.